The molecule has 0 unspecified atom stereocenters. The number of carbonyl (C=O) groups is 1. The van der Waals surface area contributed by atoms with Gasteiger partial charge >= 0.3 is 0 Å². The Morgan fingerprint density at radius 3 is 2.12 bits per heavy atom. The van der Waals surface area contributed by atoms with E-state index in [9.17, 15) is 4.79 Å². The number of nitrogens with zero attached hydrogens (tertiary/aromatic N) is 1. The van der Waals surface area contributed by atoms with Crippen LogP contribution in [0, 0.1) is 0 Å². The largest absolute Gasteiger partial charge is 0.281 e. The number of amides is 1. The zero-order valence-electron chi connectivity index (χ0n) is 4.27. The first-order valence-electron chi connectivity index (χ1n) is 1.86. The maximum absolute atomic E-state index is 10.4. The Balaban J connectivity index is 3.65. The van der Waals surface area contributed by atoms with Crippen molar-refractivity contribution < 1.29 is 4.79 Å². The summed E-state index contributed by atoms with van der Waals surface area (Å²) < 4.78 is 0. The summed E-state index contributed by atoms with van der Waals surface area (Å²) in [6.07, 6.45) is 0. The summed E-state index contributed by atoms with van der Waals surface area (Å²) in [7, 11) is 1.38. The standard InChI is InChI=1S/C3H6Cl2N2O/c1-7(6)3(8)2(4)5/h2H,6H2,1H3. The number of rotatable bonds is 1. The van der Waals surface area contributed by atoms with E-state index in [2.05, 4.69) is 0 Å². The lowest BCUT2D eigenvalue weighted by Gasteiger charge is -2.08. The smallest absolute Gasteiger partial charge is 0.269 e. The molecule has 0 aliphatic rings. The molecule has 8 heavy (non-hydrogen) atoms. The Labute approximate surface area is 57.3 Å². The van der Waals surface area contributed by atoms with Crippen LogP contribution in [-0.2, 0) is 4.79 Å². The molecule has 0 saturated carbocycles. The summed E-state index contributed by atoms with van der Waals surface area (Å²) >= 11 is 10.2. The van der Waals surface area contributed by atoms with Crippen molar-refractivity contribution >= 4 is 29.1 Å². The molecule has 0 aromatic carbocycles. The molecule has 2 N–H and O–H groups in total. The van der Waals surface area contributed by atoms with Gasteiger partial charge < -0.3 is 0 Å². The van der Waals surface area contributed by atoms with Crippen molar-refractivity contribution in [3.8, 4) is 0 Å². The predicted octanol–water partition coefficient (Wildman–Crippen LogP) is 0.122. The molecule has 48 valence electrons. The molecule has 0 atom stereocenters. The Kier molecular flexibility index (Phi) is 3.12. The molecule has 0 rings (SSSR count). The van der Waals surface area contributed by atoms with Gasteiger partial charge in [0.2, 0.25) is 0 Å². The number of hydrazine groups is 1. The van der Waals surface area contributed by atoms with E-state index in [1.807, 2.05) is 0 Å². The van der Waals surface area contributed by atoms with Crippen LogP contribution in [0.3, 0.4) is 0 Å². The molecular weight excluding hydrogens is 151 g/mol. The normalized spacial score (nSPS) is 9.62. The molecule has 0 aromatic rings. The third-order valence-electron chi connectivity index (χ3n) is 0.534. The van der Waals surface area contributed by atoms with Gasteiger partial charge in [0.05, 0.1) is 0 Å². The highest BCUT2D eigenvalue weighted by Gasteiger charge is 2.12. The van der Waals surface area contributed by atoms with Gasteiger partial charge in [0.15, 0.2) is 4.84 Å². The first kappa shape index (κ1) is 8.01. The van der Waals surface area contributed by atoms with E-state index >= 15 is 0 Å². The van der Waals surface area contributed by atoms with Crippen molar-refractivity contribution in [2.24, 2.45) is 5.84 Å². The van der Waals surface area contributed by atoms with Gasteiger partial charge in [0, 0.05) is 7.05 Å². The van der Waals surface area contributed by atoms with Crippen LogP contribution in [0.1, 0.15) is 0 Å². The van der Waals surface area contributed by atoms with Gasteiger partial charge in [-0.15, -0.1) is 0 Å². The van der Waals surface area contributed by atoms with Gasteiger partial charge in [0.25, 0.3) is 5.91 Å². The van der Waals surface area contributed by atoms with E-state index in [0.717, 1.165) is 5.01 Å². The van der Waals surface area contributed by atoms with Crippen LogP contribution in [0.4, 0.5) is 0 Å². The van der Waals surface area contributed by atoms with Gasteiger partial charge in [-0.2, -0.15) is 0 Å². The SMILES string of the molecule is CN(N)C(=O)C(Cl)Cl. The van der Waals surface area contributed by atoms with Crippen LogP contribution in [-0.4, -0.2) is 22.8 Å². The van der Waals surface area contributed by atoms with Crippen LogP contribution in [0.25, 0.3) is 0 Å². The molecular formula is C3H6Cl2N2O. The Bertz CT molecular complexity index is 83.3. The van der Waals surface area contributed by atoms with E-state index in [0.29, 0.717) is 0 Å². The molecule has 0 aliphatic heterocycles. The monoisotopic (exact) mass is 156 g/mol. The number of nitrogens with two attached hydrogens (primary N) is 1. The van der Waals surface area contributed by atoms with Gasteiger partial charge in [-0.05, 0) is 0 Å². The first-order chi connectivity index (χ1) is 3.55. The third-order valence-corrected chi connectivity index (χ3v) is 0.908. The average Bonchev–Trinajstić information content (AvgIpc) is 1.64. The topological polar surface area (TPSA) is 46.3 Å². The molecule has 0 heterocycles. The molecule has 1 amide bonds. The number of halogens is 2. The lowest BCUT2D eigenvalue weighted by atomic mass is 10.7. The van der Waals surface area contributed by atoms with Crippen molar-refractivity contribution in [3.05, 3.63) is 0 Å². The van der Waals surface area contributed by atoms with Gasteiger partial charge in [-0.1, -0.05) is 23.2 Å². The Hall–Kier alpha value is 0.01000. The van der Waals surface area contributed by atoms with Crippen molar-refractivity contribution in [2.75, 3.05) is 7.05 Å². The number of hydrogen-bond donors (Lipinski definition) is 1. The van der Waals surface area contributed by atoms with E-state index in [1.54, 1.807) is 0 Å². The minimum atomic E-state index is -1.05. The van der Waals surface area contributed by atoms with Crippen molar-refractivity contribution in [3.63, 3.8) is 0 Å². The van der Waals surface area contributed by atoms with Crippen LogP contribution < -0.4 is 5.84 Å². The second-order valence-electron chi connectivity index (χ2n) is 1.25. The molecule has 0 saturated heterocycles. The number of carbonyl (C=O) groups excluding carboxylic acids is 1. The molecule has 0 aliphatic carbocycles. The van der Waals surface area contributed by atoms with E-state index < -0.39 is 10.7 Å². The van der Waals surface area contributed by atoms with Gasteiger partial charge in [-0.25, -0.2) is 5.84 Å². The fourth-order valence-corrected chi connectivity index (χ4v) is 0.462. The lowest BCUT2D eigenvalue weighted by Crippen LogP contribution is -2.36. The molecule has 0 bridgehead atoms. The molecule has 3 nitrogen and oxygen atoms in total. The summed E-state index contributed by atoms with van der Waals surface area (Å²) in [4.78, 5) is 9.33. The van der Waals surface area contributed by atoms with Gasteiger partial charge in [-0.3, -0.25) is 9.80 Å². The fraction of sp³-hybridized carbons (Fsp3) is 0.667. The lowest BCUT2D eigenvalue weighted by molar-refractivity contribution is -0.128. The Morgan fingerprint density at radius 2 is 2.12 bits per heavy atom. The number of alkyl halides is 2. The highest BCUT2D eigenvalue weighted by atomic mass is 35.5. The van der Waals surface area contributed by atoms with E-state index in [1.165, 1.54) is 7.05 Å². The summed E-state index contributed by atoms with van der Waals surface area (Å²) in [5, 5.41) is 0.838. The van der Waals surface area contributed by atoms with Crippen LogP contribution in [0.15, 0.2) is 0 Å². The van der Waals surface area contributed by atoms with Crippen molar-refractivity contribution in [1.82, 2.24) is 5.01 Å². The van der Waals surface area contributed by atoms with E-state index in [-0.39, 0.29) is 0 Å². The second kappa shape index (κ2) is 3.12. The maximum atomic E-state index is 10.4. The molecule has 0 aromatic heterocycles. The van der Waals surface area contributed by atoms with Crippen LogP contribution in [0.5, 0.6) is 0 Å². The molecule has 0 fully saturated rings. The second-order valence-corrected chi connectivity index (χ2v) is 2.35. The quantitative estimate of drug-likeness (QED) is 0.254. The minimum absolute atomic E-state index is 0.506. The van der Waals surface area contributed by atoms with Crippen LogP contribution >= 0.6 is 23.2 Å². The molecule has 0 spiro atoms. The fourth-order valence-electron chi connectivity index (χ4n) is 0.154. The first-order valence-corrected chi connectivity index (χ1v) is 2.73. The summed E-state index contributed by atoms with van der Waals surface area (Å²) in [5.41, 5.74) is 0. The molecule has 5 heteroatoms. The summed E-state index contributed by atoms with van der Waals surface area (Å²) in [6.45, 7) is 0. The highest BCUT2D eigenvalue weighted by molar-refractivity contribution is 6.53. The maximum Gasteiger partial charge on any atom is 0.269 e. The summed E-state index contributed by atoms with van der Waals surface area (Å²) in [5.74, 6) is 4.45. The van der Waals surface area contributed by atoms with Gasteiger partial charge in [0.1, 0.15) is 0 Å². The minimum Gasteiger partial charge on any atom is -0.281 e. The molecule has 0 radical (unpaired) electrons. The van der Waals surface area contributed by atoms with E-state index in [4.69, 9.17) is 29.0 Å². The Morgan fingerprint density at radius 1 is 1.75 bits per heavy atom. The van der Waals surface area contributed by atoms with Crippen LogP contribution in [0.2, 0.25) is 0 Å². The average molecular weight is 157 g/mol. The summed E-state index contributed by atoms with van der Waals surface area (Å²) in [6, 6.07) is 0. The number of hydrogen-bond acceptors (Lipinski definition) is 2. The zero-order chi connectivity index (χ0) is 6.73. The predicted molar refractivity (Wildman–Crippen MR) is 32.5 cm³/mol. The highest BCUT2D eigenvalue weighted by Crippen LogP contribution is 2.02. The third kappa shape index (κ3) is 2.35. The zero-order valence-corrected chi connectivity index (χ0v) is 5.78. The van der Waals surface area contributed by atoms with Crippen molar-refractivity contribution in [1.29, 1.82) is 0 Å². The van der Waals surface area contributed by atoms with Crippen molar-refractivity contribution in [2.45, 2.75) is 4.84 Å².